The molecule has 1 aromatic carbocycles. The Morgan fingerprint density at radius 3 is 2.85 bits per heavy atom. The first kappa shape index (κ1) is 14.0. The average Bonchev–Trinajstić information content (AvgIpc) is 2.43. The fourth-order valence-corrected chi connectivity index (χ4v) is 3.81. The number of hydrogen-bond acceptors (Lipinski definition) is 2. The molecule has 1 saturated heterocycles. The third kappa shape index (κ3) is 2.25. The molecule has 1 heterocycles. The highest BCUT2D eigenvalue weighted by Gasteiger charge is 2.57. The predicted octanol–water partition coefficient (Wildman–Crippen LogP) is 3.26. The zero-order chi connectivity index (χ0) is 14.3. The van der Waals surface area contributed by atoms with Gasteiger partial charge in [0.25, 0.3) is 0 Å². The second-order valence-electron chi connectivity index (χ2n) is 6.53. The van der Waals surface area contributed by atoms with E-state index in [4.69, 9.17) is 4.74 Å². The summed E-state index contributed by atoms with van der Waals surface area (Å²) in [4.78, 5) is 0. The van der Waals surface area contributed by atoms with E-state index in [0.29, 0.717) is 24.6 Å². The van der Waals surface area contributed by atoms with Gasteiger partial charge in [0.2, 0.25) is 0 Å². The third-order valence-electron chi connectivity index (χ3n) is 4.84. The van der Waals surface area contributed by atoms with E-state index in [1.807, 2.05) is 0 Å². The molecule has 0 bridgehead atoms. The van der Waals surface area contributed by atoms with Gasteiger partial charge in [0.1, 0.15) is 0 Å². The van der Waals surface area contributed by atoms with Crippen LogP contribution in [-0.4, -0.2) is 18.8 Å². The number of fused-ring (bicyclic) bond motifs is 1. The maximum absolute atomic E-state index is 13.2. The van der Waals surface area contributed by atoms with E-state index >= 15 is 0 Å². The standard InChI is InChI=1S/C16H21F2NO/c1-16(2)14(11-4-3-7-20-15(11)16)19-9-10-5-6-12(17)13(18)8-10/h5-6,8,11,14-15,19H,3-4,7,9H2,1-2H3. The van der Waals surface area contributed by atoms with Crippen LogP contribution in [0.25, 0.3) is 0 Å². The number of rotatable bonds is 3. The van der Waals surface area contributed by atoms with Gasteiger partial charge in [-0.2, -0.15) is 0 Å². The highest BCUT2D eigenvalue weighted by molar-refractivity contribution is 5.19. The van der Waals surface area contributed by atoms with Crippen LogP contribution in [0.2, 0.25) is 0 Å². The fraction of sp³-hybridized carbons (Fsp3) is 0.625. The first-order valence-corrected chi connectivity index (χ1v) is 7.29. The van der Waals surface area contributed by atoms with Crippen molar-refractivity contribution in [2.24, 2.45) is 11.3 Å². The molecule has 0 aromatic heterocycles. The predicted molar refractivity (Wildman–Crippen MR) is 73.2 cm³/mol. The van der Waals surface area contributed by atoms with Gasteiger partial charge in [-0.15, -0.1) is 0 Å². The number of benzene rings is 1. The van der Waals surface area contributed by atoms with Crippen LogP contribution in [0.4, 0.5) is 8.78 Å². The van der Waals surface area contributed by atoms with E-state index < -0.39 is 11.6 Å². The van der Waals surface area contributed by atoms with Crippen LogP contribution in [0.3, 0.4) is 0 Å². The quantitative estimate of drug-likeness (QED) is 0.918. The molecule has 2 fully saturated rings. The fourth-order valence-electron chi connectivity index (χ4n) is 3.81. The summed E-state index contributed by atoms with van der Waals surface area (Å²) in [7, 11) is 0. The van der Waals surface area contributed by atoms with Crippen LogP contribution >= 0.6 is 0 Å². The van der Waals surface area contributed by atoms with Gasteiger partial charge in [0.15, 0.2) is 11.6 Å². The maximum atomic E-state index is 13.2. The van der Waals surface area contributed by atoms with Gasteiger partial charge in [-0.25, -0.2) is 8.78 Å². The SMILES string of the molecule is CC1(C)C(NCc2ccc(F)c(F)c2)C2CCCOC21. The van der Waals surface area contributed by atoms with Gasteiger partial charge in [0, 0.05) is 30.5 Å². The van der Waals surface area contributed by atoms with Crippen LogP contribution in [0.5, 0.6) is 0 Å². The first-order chi connectivity index (χ1) is 9.50. The highest BCUT2D eigenvalue weighted by Crippen LogP contribution is 2.51. The number of halogens is 2. The van der Waals surface area contributed by atoms with Crippen molar-refractivity contribution in [3.05, 3.63) is 35.4 Å². The molecule has 2 nitrogen and oxygen atoms in total. The molecule has 0 spiro atoms. The number of hydrogen-bond donors (Lipinski definition) is 1. The molecule has 1 aliphatic heterocycles. The smallest absolute Gasteiger partial charge is 0.159 e. The minimum absolute atomic E-state index is 0.101. The van der Waals surface area contributed by atoms with Crippen molar-refractivity contribution >= 4 is 0 Å². The van der Waals surface area contributed by atoms with E-state index in [0.717, 1.165) is 18.6 Å². The molecule has 3 unspecified atom stereocenters. The Labute approximate surface area is 118 Å². The Morgan fingerprint density at radius 2 is 2.10 bits per heavy atom. The van der Waals surface area contributed by atoms with Crippen molar-refractivity contribution in [1.82, 2.24) is 5.32 Å². The molecule has 110 valence electrons. The van der Waals surface area contributed by atoms with Crippen molar-refractivity contribution in [3.8, 4) is 0 Å². The maximum Gasteiger partial charge on any atom is 0.159 e. The van der Waals surface area contributed by atoms with Gasteiger partial charge in [0.05, 0.1) is 6.10 Å². The lowest BCUT2D eigenvalue weighted by atomic mass is 9.55. The number of ether oxygens (including phenoxy) is 1. The molecule has 0 amide bonds. The van der Waals surface area contributed by atoms with Crippen LogP contribution in [-0.2, 0) is 11.3 Å². The molecule has 1 saturated carbocycles. The Balaban J connectivity index is 1.64. The minimum Gasteiger partial charge on any atom is -0.377 e. The van der Waals surface area contributed by atoms with E-state index in [9.17, 15) is 8.78 Å². The lowest BCUT2D eigenvalue weighted by Gasteiger charge is -2.60. The Kier molecular flexibility index (Phi) is 3.55. The molecule has 1 aliphatic carbocycles. The lowest BCUT2D eigenvalue weighted by molar-refractivity contribution is -0.192. The van der Waals surface area contributed by atoms with Gasteiger partial charge >= 0.3 is 0 Å². The van der Waals surface area contributed by atoms with Gasteiger partial charge < -0.3 is 10.1 Å². The second kappa shape index (κ2) is 5.08. The first-order valence-electron chi connectivity index (χ1n) is 7.29. The summed E-state index contributed by atoms with van der Waals surface area (Å²) in [6, 6.07) is 4.46. The summed E-state index contributed by atoms with van der Waals surface area (Å²) in [6.45, 7) is 5.85. The van der Waals surface area contributed by atoms with Crippen molar-refractivity contribution in [3.63, 3.8) is 0 Å². The van der Waals surface area contributed by atoms with Gasteiger partial charge in [-0.3, -0.25) is 0 Å². The molecule has 3 rings (SSSR count). The summed E-state index contributed by atoms with van der Waals surface area (Å²) in [6.07, 6.45) is 2.63. The average molecular weight is 281 g/mol. The molecule has 4 heteroatoms. The van der Waals surface area contributed by atoms with E-state index in [-0.39, 0.29) is 5.41 Å². The normalized spacial score (nSPS) is 31.5. The molecule has 20 heavy (non-hydrogen) atoms. The van der Waals surface area contributed by atoms with Crippen molar-refractivity contribution in [2.45, 2.75) is 45.4 Å². The molecule has 0 radical (unpaired) electrons. The molecule has 2 aliphatic rings. The summed E-state index contributed by atoms with van der Waals surface area (Å²) in [5.74, 6) is -1.03. The van der Waals surface area contributed by atoms with E-state index in [2.05, 4.69) is 19.2 Å². The molecular weight excluding hydrogens is 260 g/mol. The third-order valence-corrected chi connectivity index (χ3v) is 4.84. The molecule has 1 N–H and O–H groups in total. The van der Waals surface area contributed by atoms with E-state index in [1.165, 1.54) is 18.6 Å². The lowest BCUT2D eigenvalue weighted by Crippen LogP contribution is -2.69. The molecule has 1 aromatic rings. The minimum atomic E-state index is -0.793. The summed E-state index contributed by atoms with van der Waals surface area (Å²) in [5, 5.41) is 3.50. The van der Waals surface area contributed by atoms with Gasteiger partial charge in [-0.1, -0.05) is 19.9 Å². The Bertz CT molecular complexity index is 503. The Morgan fingerprint density at radius 1 is 1.30 bits per heavy atom. The van der Waals surface area contributed by atoms with Crippen molar-refractivity contribution in [2.75, 3.05) is 6.61 Å². The van der Waals surface area contributed by atoms with Crippen LogP contribution < -0.4 is 5.32 Å². The summed E-state index contributed by atoms with van der Waals surface area (Å²) < 4.78 is 32.0. The molecular formula is C16H21F2NO. The van der Waals surface area contributed by atoms with Gasteiger partial charge in [-0.05, 0) is 30.5 Å². The van der Waals surface area contributed by atoms with E-state index in [1.54, 1.807) is 6.07 Å². The van der Waals surface area contributed by atoms with Crippen LogP contribution in [0, 0.1) is 23.0 Å². The largest absolute Gasteiger partial charge is 0.377 e. The topological polar surface area (TPSA) is 21.3 Å². The number of nitrogens with one attached hydrogen (secondary N) is 1. The summed E-state index contributed by atoms with van der Waals surface area (Å²) in [5.41, 5.74) is 0.879. The zero-order valence-corrected chi connectivity index (χ0v) is 12.0. The molecule has 3 atom stereocenters. The second-order valence-corrected chi connectivity index (χ2v) is 6.53. The monoisotopic (exact) mass is 281 g/mol. The van der Waals surface area contributed by atoms with Crippen LogP contribution in [0.15, 0.2) is 18.2 Å². The zero-order valence-electron chi connectivity index (χ0n) is 12.0. The summed E-state index contributed by atoms with van der Waals surface area (Å²) >= 11 is 0. The highest BCUT2D eigenvalue weighted by atomic mass is 19.2. The van der Waals surface area contributed by atoms with Crippen molar-refractivity contribution < 1.29 is 13.5 Å². The van der Waals surface area contributed by atoms with Crippen LogP contribution in [0.1, 0.15) is 32.3 Å². The van der Waals surface area contributed by atoms with Crippen molar-refractivity contribution in [1.29, 1.82) is 0 Å². The Hall–Kier alpha value is -1.00.